The molecule has 4 heteroatoms. The first-order valence-corrected chi connectivity index (χ1v) is 6.73. The number of rotatable bonds is 6. The number of carbonyl (C=O) groups is 2. The molecule has 0 radical (unpaired) electrons. The molecule has 0 aromatic heterocycles. The molecular weight excluding hydrogens is 256 g/mol. The molecule has 20 heavy (non-hydrogen) atoms. The molecule has 1 aliphatic rings. The van der Waals surface area contributed by atoms with Gasteiger partial charge in [-0.3, -0.25) is 9.59 Å². The third kappa shape index (κ3) is 3.07. The van der Waals surface area contributed by atoms with Crippen LogP contribution in [-0.2, 0) is 21.4 Å². The fourth-order valence-electron chi connectivity index (χ4n) is 2.91. The number of benzene rings is 1. The summed E-state index contributed by atoms with van der Waals surface area (Å²) in [5.41, 5.74) is 1.77. The van der Waals surface area contributed by atoms with Crippen molar-refractivity contribution < 1.29 is 19.8 Å². The second kappa shape index (κ2) is 5.90. The number of hydrogen-bond donors (Lipinski definition) is 2. The molecule has 0 heterocycles. The number of fused-ring (bicyclic) bond motifs is 1. The highest BCUT2D eigenvalue weighted by molar-refractivity contribution is 5.68. The molecule has 1 aromatic carbocycles. The second-order valence-electron chi connectivity index (χ2n) is 5.21. The van der Waals surface area contributed by atoms with Gasteiger partial charge in [0.15, 0.2) is 0 Å². The van der Waals surface area contributed by atoms with Crippen LogP contribution in [0.5, 0.6) is 0 Å². The minimum Gasteiger partial charge on any atom is -0.481 e. The highest BCUT2D eigenvalue weighted by atomic mass is 16.4. The molecule has 0 aliphatic heterocycles. The van der Waals surface area contributed by atoms with Crippen LogP contribution in [0.1, 0.15) is 36.8 Å². The Morgan fingerprint density at radius 3 is 2.25 bits per heavy atom. The average molecular weight is 274 g/mol. The lowest BCUT2D eigenvalue weighted by molar-refractivity contribution is -0.137. The van der Waals surface area contributed by atoms with E-state index in [1.807, 2.05) is 36.4 Å². The van der Waals surface area contributed by atoms with Crippen molar-refractivity contribution in [1.82, 2.24) is 0 Å². The van der Waals surface area contributed by atoms with Crippen LogP contribution in [0.3, 0.4) is 0 Å². The molecule has 2 rings (SSSR count). The maximum absolute atomic E-state index is 10.9. The van der Waals surface area contributed by atoms with Crippen molar-refractivity contribution in [2.24, 2.45) is 0 Å². The number of hydrogen-bond acceptors (Lipinski definition) is 2. The fraction of sp³-hybridized carbons (Fsp3) is 0.375. The Bertz CT molecular complexity index is 527. The van der Waals surface area contributed by atoms with Gasteiger partial charge in [-0.2, -0.15) is 0 Å². The number of aliphatic carboxylic acids is 2. The van der Waals surface area contributed by atoms with Gasteiger partial charge in [0, 0.05) is 18.3 Å². The van der Waals surface area contributed by atoms with E-state index in [0.29, 0.717) is 12.8 Å². The first kappa shape index (κ1) is 14.3. The Hall–Kier alpha value is -2.10. The SMILES string of the molecule is O=C(O)CCC1(CCC(=O)O)C=CCc2ccccc21. The minimum absolute atomic E-state index is 0.0400. The normalized spacial score (nSPS) is 15.6. The van der Waals surface area contributed by atoms with Crippen LogP contribution in [-0.4, -0.2) is 22.2 Å². The van der Waals surface area contributed by atoms with E-state index < -0.39 is 17.4 Å². The molecule has 0 unspecified atom stereocenters. The molecule has 0 atom stereocenters. The van der Waals surface area contributed by atoms with Crippen molar-refractivity contribution in [3.05, 3.63) is 47.5 Å². The summed E-state index contributed by atoms with van der Waals surface area (Å²) in [6.07, 6.45) is 5.79. The minimum atomic E-state index is -0.851. The van der Waals surface area contributed by atoms with Gasteiger partial charge >= 0.3 is 11.9 Å². The lowest BCUT2D eigenvalue weighted by atomic mass is 9.68. The highest BCUT2D eigenvalue weighted by Gasteiger charge is 2.33. The van der Waals surface area contributed by atoms with Gasteiger partial charge < -0.3 is 10.2 Å². The van der Waals surface area contributed by atoms with Crippen molar-refractivity contribution in [2.45, 2.75) is 37.5 Å². The van der Waals surface area contributed by atoms with Crippen LogP contribution in [0.25, 0.3) is 0 Å². The summed E-state index contributed by atoms with van der Waals surface area (Å²) < 4.78 is 0. The van der Waals surface area contributed by atoms with Gasteiger partial charge in [0.1, 0.15) is 0 Å². The van der Waals surface area contributed by atoms with E-state index in [-0.39, 0.29) is 12.8 Å². The zero-order valence-electron chi connectivity index (χ0n) is 11.2. The quantitative estimate of drug-likeness (QED) is 0.782. The molecule has 1 aliphatic carbocycles. The zero-order chi connectivity index (χ0) is 14.6. The Balaban J connectivity index is 2.34. The maximum atomic E-state index is 10.9. The fourth-order valence-corrected chi connectivity index (χ4v) is 2.91. The zero-order valence-corrected chi connectivity index (χ0v) is 11.2. The Labute approximate surface area is 117 Å². The van der Waals surface area contributed by atoms with Gasteiger partial charge in [0.25, 0.3) is 0 Å². The number of carboxylic acids is 2. The molecule has 1 aromatic rings. The lowest BCUT2D eigenvalue weighted by Gasteiger charge is -2.35. The van der Waals surface area contributed by atoms with E-state index in [0.717, 1.165) is 17.5 Å². The van der Waals surface area contributed by atoms with Crippen LogP contribution in [0.15, 0.2) is 36.4 Å². The molecule has 4 nitrogen and oxygen atoms in total. The third-order valence-electron chi connectivity index (χ3n) is 3.90. The lowest BCUT2D eigenvalue weighted by Crippen LogP contribution is -2.29. The molecule has 0 amide bonds. The average Bonchev–Trinajstić information content (AvgIpc) is 2.43. The monoisotopic (exact) mass is 274 g/mol. The molecule has 0 fully saturated rings. The smallest absolute Gasteiger partial charge is 0.303 e. The third-order valence-corrected chi connectivity index (χ3v) is 3.90. The first-order chi connectivity index (χ1) is 9.53. The molecule has 0 saturated heterocycles. The van der Waals surface area contributed by atoms with Crippen LogP contribution >= 0.6 is 0 Å². The predicted molar refractivity (Wildman–Crippen MR) is 74.7 cm³/mol. The van der Waals surface area contributed by atoms with Crippen molar-refractivity contribution >= 4 is 11.9 Å². The van der Waals surface area contributed by atoms with E-state index in [1.165, 1.54) is 0 Å². The Kier molecular flexibility index (Phi) is 4.23. The van der Waals surface area contributed by atoms with Gasteiger partial charge in [-0.05, 0) is 30.4 Å². The molecule has 0 saturated carbocycles. The Morgan fingerprint density at radius 1 is 1.05 bits per heavy atom. The summed E-state index contributed by atoms with van der Waals surface area (Å²) in [4.78, 5) is 21.8. The van der Waals surface area contributed by atoms with Gasteiger partial charge in [-0.15, -0.1) is 0 Å². The molecular formula is C16H18O4. The van der Waals surface area contributed by atoms with Crippen molar-refractivity contribution in [2.75, 3.05) is 0 Å². The summed E-state index contributed by atoms with van der Waals surface area (Å²) in [7, 11) is 0. The van der Waals surface area contributed by atoms with Crippen molar-refractivity contribution in [1.29, 1.82) is 0 Å². The highest BCUT2D eigenvalue weighted by Crippen LogP contribution is 2.40. The van der Waals surface area contributed by atoms with E-state index in [2.05, 4.69) is 0 Å². The summed E-state index contributed by atoms with van der Waals surface area (Å²) >= 11 is 0. The molecule has 2 N–H and O–H groups in total. The van der Waals surface area contributed by atoms with Crippen LogP contribution < -0.4 is 0 Å². The van der Waals surface area contributed by atoms with Gasteiger partial charge in [0.2, 0.25) is 0 Å². The largest absolute Gasteiger partial charge is 0.481 e. The van der Waals surface area contributed by atoms with Gasteiger partial charge in [-0.1, -0.05) is 36.4 Å². The van der Waals surface area contributed by atoms with Crippen molar-refractivity contribution in [3.8, 4) is 0 Å². The van der Waals surface area contributed by atoms with E-state index >= 15 is 0 Å². The molecule has 106 valence electrons. The summed E-state index contributed by atoms with van der Waals surface area (Å²) in [5.74, 6) is -1.70. The maximum Gasteiger partial charge on any atom is 0.303 e. The standard InChI is InChI=1S/C16H18O4/c17-14(18)7-10-16(11-8-15(19)20)9-3-5-12-4-1-2-6-13(12)16/h1-4,6,9H,5,7-8,10-11H2,(H,17,18)(H,19,20). The van der Waals surface area contributed by atoms with E-state index in [1.54, 1.807) is 0 Å². The first-order valence-electron chi connectivity index (χ1n) is 6.73. The topological polar surface area (TPSA) is 74.6 Å². The molecule has 0 bridgehead atoms. The van der Waals surface area contributed by atoms with Gasteiger partial charge in [-0.25, -0.2) is 0 Å². The van der Waals surface area contributed by atoms with Crippen LogP contribution in [0.4, 0.5) is 0 Å². The predicted octanol–water partition coefficient (Wildman–Crippen LogP) is 2.77. The van der Waals surface area contributed by atoms with Crippen molar-refractivity contribution in [3.63, 3.8) is 0 Å². The van der Waals surface area contributed by atoms with Crippen LogP contribution in [0.2, 0.25) is 0 Å². The number of carboxylic acid groups (broad SMARTS) is 2. The van der Waals surface area contributed by atoms with E-state index in [9.17, 15) is 9.59 Å². The van der Waals surface area contributed by atoms with Crippen LogP contribution in [0, 0.1) is 0 Å². The Morgan fingerprint density at radius 2 is 1.65 bits per heavy atom. The molecule has 0 spiro atoms. The second-order valence-corrected chi connectivity index (χ2v) is 5.21. The summed E-state index contributed by atoms with van der Waals surface area (Å²) in [5, 5.41) is 17.9. The summed E-state index contributed by atoms with van der Waals surface area (Å²) in [6, 6.07) is 7.89. The number of allylic oxidation sites excluding steroid dienone is 2. The van der Waals surface area contributed by atoms with Gasteiger partial charge in [0.05, 0.1) is 0 Å². The summed E-state index contributed by atoms with van der Waals surface area (Å²) in [6.45, 7) is 0. The van der Waals surface area contributed by atoms with E-state index in [4.69, 9.17) is 10.2 Å².